The first-order chi connectivity index (χ1) is 15.6. The largest absolute Gasteiger partial charge is 0.352 e. The Hall–Kier alpha value is -2.73. The number of aryl methyl sites for hydroxylation is 1. The van der Waals surface area contributed by atoms with Gasteiger partial charge in [-0.15, -0.1) is 0 Å². The maximum absolute atomic E-state index is 12.6. The van der Waals surface area contributed by atoms with E-state index in [1.54, 1.807) is 6.20 Å². The van der Waals surface area contributed by atoms with Crippen LogP contribution in [0.5, 0.6) is 0 Å². The van der Waals surface area contributed by atoms with Crippen molar-refractivity contribution in [1.29, 1.82) is 0 Å². The summed E-state index contributed by atoms with van der Waals surface area (Å²) in [4.78, 5) is 33.7. The molecule has 1 aromatic heterocycles. The van der Waals surface area contributed by atoms with Crippen molar-refractivity contribution < 1.29 is 9.59 Å². The highest BCUT2D eigenvalue weighted by Gasteiger charge is 2.26. The summed E-state index contributed by atoms with van der Waals surface area (Å²) in [5, 5.41) is 3.24. The molecule has 1 atom stereocenters. The average Bonchev–Trinajstić information content (AvgIpc) is 3.25. The molecule has 4 rings (SSSR count). The topological polar surface area (TPSA) is 65.5 Å². The molecule has 2 aliphatic rings. The van der Waals surface area contributed by atoms with E-state index in [1.807, 2.05) is 30.0 Å². The summed E-state index contributed by atoms with van der Waals surface area (Å²) in [6, 6.07) is 14.5. The lowest BCUT2D eigenvalue weighted by Gasteiger charge is -2.32. The van der Waals surface area contributed by atoms with Crippen molar-refractivity contribution in [1.82, 2.24) is 20.1 Å². The molecule has 1 N–H and O–H groups in total. The summed E-state index contributed by atoms with van der Waals surface area (Å²) in [5.74, 6) is 0.745. The Kier molecular flexibility index (Phi) is 7.53. The van der Waals surface area contributed by atoms with Crippen LogP contribution in [0, 0.1) is 12.8 Å². The molecule has 1 aromatic carbocycles. The molecule has 170 valence electrons. The molecule has 2 amide bonds. The first-order valence-corrected chi connectivity index (χ1v) is 11.8. The SMILES string of the molecule is Cc1ccc(C(=O)N2CCC(CCC(=O)N[C@H]3CCN(Cc4ccccc4)C3)CC2)cn1. The van der Waals surface area contributed by atoms with Gasteiger partial charge in [0.15, 0.2) is 0 Å². The number of carbonyl (C=O) groups is 2. The summed E-state index contributed by atoms with van der Waals surface area (Å²) >= 11 is 0. The summed E-state index contributed by atoms with van der Waals surface area (Å²) in [6.07, 6.45) is 6.10. The predicted octanol–water partition coefficient (Wildman–Crippen LogP) is 3.41. The number of hydrogen-bond acceptors (Lipinski definition) is 4. The number of aromatic nitrogens is 1. The zero-order chi connectivity index (χ0) is 22.3. The van der Waals surface area contributed by atoms with Gasteiger partial charge in [-0.1, -0.05) is 30.3 Å². The van der Waals surface area contributed by atoms with Crippen molar-refractivity contribution in [2.45, 2.75) is 51.6 Å². The van der Waals surface area contributed by atoms with Crippen LogP contribution < -0.4 is 5.32 Å². The minimum atomic E-state index is 0.0648. The predicted molar refractivity (Wildman–Crippen MR) is 125 cm³/mol. The molecule has 0 radical (unpaired) electrons. The number of pyridine rings is 1. The van der Waals surface area contributed by atoms with Gasteiger partial charge >= 0.3 is 0 Å². The lowest BCUT2D eigenvalue weighted by molar-refractivity contribution is -0.122. The van der Waals surface area contributed by atoms with Crippen molar-refractivity contribution in [3.05, 3.63) is 65.5 Å². The van der Waals surface area contributed by atoms with E-state index in [0.717, 1.165) is 64.1 Å². The standard InChI is InChI=1S/C26H34N4O2/c1-20-7-9-23(17-27-20)26(32)30-15-11-21(12-16-30)8-10-25(31)28-24-13-14-29(19-24)18-22-5-3-2-4-6-22/h2-7,9,17,21,24H,8,10-16,18-19H2,1H3,(H,28,31)/t24-/m0/s1. The van der Waals surface area contributed by atoms with E-state index in [4.69, 9.17) is 0 Å². The third kappa shape index (κ3) is 6.16. The zero-order valence-electron chi connectivity index (χ0n) is 19.0. The highest BCUT2D eigenvalue weighted by atomic mass is 16.2. The fraction of sp³-hybridized carbons (Fsp3) is 0.500. The van der Waals surface area contributed by atoms with Gasteiger partial charge in [-0.05, 0) is 56.2 Å². The monoisotopic (exact) mass is 434 g/mol. The number of amides is 2. The number of benzene rings is 1. The van der Waals surface area contributed by atoms with Crippen LogP contribution in [0.1, 0.15) is 53.7 Å². The van der Waals surface area contributed by atoms with Crippen molar-refractivity contribution in [3.8, 4) is 0 Å². The lowest BCUT2D eigenvalue weighted by Crippen LogP contribution is -2.39. The first kappa shape index (κ1) is 22.5. The molecular weight excluding hydrogens is 400 g/mol. The van der Waals surface area contributed by atoms with Crippen LogP contribution in [-0.2, 0) is 11.3 Å². The van der Waals surface area contributed by atoms with Crippen molar-refractivity contribution >= 4 is 11.8 Å². The van der Waals surface area contributed by atoms with E-state index in [-0.39, 0.29) is 17.9 Å². The van der Waals surface area contributed by atoms with Gasteiger partial charge in [-0.3, -0.25) is 19.5 Å². The molecule has 0 unspecified atom stereocenters. The highest BCUT2D eigenvalue weighted by Crippen LogP contribution is 2.23. The quantitative estimate of drug-likeness (QED) is 0.725. The second-order valence-corrected chi connectivity index (χ2v) is 9.24. The van der Waals surface area contributed by atoms with Gasteiger partial charge in [0.05, 0.1) is 5.56 Å². The maximum atomic E-state index is 12.6. The Bertz CT molecular complexity index is 892. The van der Waals surface area contributed by atoms with Crippen molar-refractivity contribution in [3.63, 3.8) is 0 Å². The van der Waals surface area contributed by atoms with E-state index in [0.29, 0.717) is 17.9 Å². The number of likely N-dealkylation sites (tertiary alicyclic amines) is 2. The molecule has 0 spiro atoms. The van der Waals surface area contributed by atoms with Crippen LogP contribution in [0.25, 0.3) is 0 Å². The number of carbonyl (C=O) groups excluding carboxylic acids is 2. The van der Waals surface area contributed by atoms with Gasteiger partial charge in [0.1, 0.15) is 0 Å². The van der Waals surface area contributed by atoms with E-state index >= 15 is 0 Å². The molecule has 32 heavy (non-hydrogen) atoms. The normalized spacial score (nSPS) is 19.8. The fourth-order valence-electron chi connectivity index (χ4n) is 4.77. The van der Waals surface area contributed by atoms with Crippen LogP contribution in [0.3, 0.4) is 0 Å². The third-order valence-corrected chi connectivity index (χ3v) is 6.73. The van der Waals surface area contributed by atoms with Gasteiger partial charge < -0.3 is 10.2 Å². The van der Waals surface area contributed by atoms with Gasteiger partial charge in [0, 0.05) is 57.1 Å². The van der Waals surface area contributed by atoms with E-state index in [1.165, 1.54) is 5.56 Å². The van der Waals surface area contributed by atoms with E-state index in [2.05, 4.69) is 39.5 Å². The second-order valence-electron chi connectivity index (χ2n) is 9.24. The zero-order valence-corrected chi connectivity index (χ0v) is 19.0. The molecule has 6 heteroatoms. The van der Waals surface area contributed by atoms with Crippen LogP contribution in [0.15, 0.2) is 48.7 Å². The van der Waals surface area contributed by atoms with Crippen LogP contribution in [-0.4, -0.2) is 58.8 Å². The number of hydrogen-bond donors (Lipinski definition) is 1. The minimum absolute atomic E-state index is 0.0648. The van der Waals surface area contributed by atoms with Crippen LogP contribution in [0.4, 0.5) is 0 Å². The molecule has 2 fully saturated rings. The smallest absolute Gasteiger partial charge is 0.255 e. The van der Waals surface area contributed by atoms with Crippen LogP contribution >= 0.6 is 0 Å². The average molecular weight is 435 g/mol. The Morgan fingerprint density at radius 3 is 2.53 bits per heavy atom. The van der Waals surface area contributed by atoms with Gasteiger partial charge in [-0.25, -0.2) is 0 Å². The highest BCUT2D eigenvalue weighted by molar-refractivity contribution is 5.94. The van der Waals surface area contributed by atoms with Crippen molar-refractivity contribution in [2.24, 2.45) is 5.92 Å². The van der Waals surface area contributed by atoms with E-state index < -0.39 is 0 Å². The molecule has 0 aliphatic carbocycles. The number of nitrogens with zero attached hydrogens (tertiary/aromatic N) is 3. The molecule has 3 heterocycles. The Balaban J connectivity index is 1.13. The molecule has 2 aromatic rings. The maximum Gasteiger partial charge on any atom is 0.255 e. The molecule has 2 saturated heterocycles. The summed E-state index contributed by atoms with van der Waals surface area (Å²) < 4.78 is 0. The molecule has 0 saturated carbocycles. The number of rotatable bonds is 7. The summed E-state index contributed by atoms with van der Waals surface area (Å²) in [6.45, 7) is 6.34. The molecule has 2 aliphatic heterocycles. The molecule has 6 nitrogen and oxygen atoms in total. The third-order valence-electron chi connectivity index (χ3n) is 6.73. The van der Waals surface area contributed by atoms with Gasteiger partial charge in [0.25, 0.3) is 5.91 Å². The van der Waals surface area contributed by atoms with Crippen molar-refractivity contribution in [2.75, 3.05) is 26.2 Å². The summed E-state index contributed by atoms with van der Waals surface area (Å²) in [7, 11) is 0. The second kappa shape index (κ2) is 10.7. The Morgan fingerprint density at radius 1 is 1.03 bits per heavy atom. The lowest BCUT2D eigenvalue weighted by atomic mass is 9.91. The summed E-state index contributed by atoms with van der Waals surface area (Å²) in [5.41, 5.74) is 2.90. The molecular formula is C26H34N4O2. The Labute approximate surface area is 191 Å². The Morgan fingerprint density at radius 2 is 1.81 bits per heavy atom. The minimum Gasteiger partial charge on any atom is -0.352 e. The first-order valence-electron chi connectivity index (χ1n) is 11.8. The molecule has 0 bridgehead atoms. The van der Waals surface area contributed by atoms with Gasteiger partial charge in [-0.2, -0.15) is 0 Å². The van der Waals surface area contributed by atoms with E-state index in [9.17, 15) is 9.59 Å². The van der Waals surface area contributed by atoms with Gasteiger partial charge in [0.2, 0.25) is 5.91 Å². The van der Waals surface area contributed by atoms with Crippen LogP contribution in [0.2, 0.25) is 0 Å². The fourth-order valence-corrected chi connectivity index (χ4v) is 4.77. The number of piperidine rings is 1. The number of nitrogens with one attached hydrogen (secondary N) is 1.